The molecule has 1 aromatic rings. The Morgan fingerprint density at radius 2 is 1.93 bits per heavy atom. The van der Waals surface area contributed by atoms with E-state index < -0.39 is 23.8 Å². The van der Waals surface area contributed by atoms with Crippen LogP contribution in [0.3, 0.4) is 0 Å². The second-order valence-electron chi connectivity index (χ2n) is 12.2. The van der Waals surface area contributed by atoms with Crippen molar-refractivity contribution in [2.45, 2.75) is 93.7 Å². The third kappa shape index (κ3) is 6.32. The summed E-state index contributed by atoms with van der Waals surface area (Å²) in [7, 11) is 1.60. The van der Waals surface area contributed by atoms with Crippen molar-refractivity contribution in [3.63, 3.8) is 0 Å². The smallest absolute Gasteiger partial charge is 0.408 e. The molecule has 7 atom stereocenters. The van der Waals surface area contributed by atoms with Gasteiger partial charge in [0.2, 0.25) is 11.8 Å². The average molecular weight is 587 g/mol. The van der Waals surface area contributed by atoms with Crippen molar-refractivity contribution in [1.29, 1.82) is 5.26 Å². The molecular formula is C28H38N6O6S. The summed E-state index contributed by atoms with van der Waals surface area (Å²) in [5.74, 6) is 0.0849. The van der Waals surface area contributed by atoms with E-state index in [-0.39, 0.29) is 42.5 Å². The van der Waals surface area contributed by atoms with Crippen molar-refractivity contribution in [2.75, 3.05) is 20.1 Å². The Bertz CT molecular complexity index is 1200. The molecule has 3 heterocycles. The number of nitrogens with zero attached hydrogens (tertiary/aromatic N) is 4. The highest BCUT2D eigenvalue weighted by atomic mass is 32.2. The molecule has 2 bridgehead atoms. The second kappa shape index (κ2) is 11.8. The monoisotopic (exact) mass is 586 g/mol. The van der Waals surface area contributed by atoms with E-state index in [0.29, 0.717) is 25.3 Å². The molecule has 3 saturated heterocycles. The van der Waals surface area contributed by atoms with Crippen LogP contribution in [0.4, 0.5) is 4.79 Å². The van der Waals surface area contributed by atoms with E-state index in [0.717, 1.165) is 28.9 Å². The highest BCUT2D eigenvalue weighted by molar-refractivity contribution is 7.94. The van der Waals surface area contributed by atoms with Crippen LogP contribution < -0.4 is 10.8 Å². The largest absolute Gasteiger partial charge is 0.444 e. The number of likely N-dealkylation sites (tertiary alicyclic amines) is 3. The number of rotatable bonds is 10. The maximum absolute atomic E-state index is 13.8. The molecule has 4 aliphatic rings. The topological polar surface area (TPSA) is 136 Å². The molecule has 1 saturated carbocycles. The quantitative estimate of drug-likeness (QED) is 0.182. The van der Waals surface area contributed by atoms with Gasteiger partial charge in [0.05, 0.1) is 30.2 Å². The Labute approximate surface area is 244 Å². The molecule has 0 spiro atoms. The summed E-state index contributed by atoms with van der Waals surface area (Å²) in [4.78, 5) is 51.2. The Morgan fingerprint density at radius 3 is 2.56 bits per heavy atom. The van der Waals surface area contributed by atoms with Crippen LogP contribution in [0.1, 0.15) is 58.6 Å². The molecule has 0 radical (unpaired) electrons. The number of hydrogen-bond acceptors (Lipinski definition) is 10. The molecule has 0 aromatic heterocycles. The SMILES string of the molecule is CNOOSc1ccc([C@H](C)N2C(=O)[C@@H]3C[C@H]2CN3C[C@H](NC(=O)OC(C)(C)C)C(=O)N2[C@H](C#N)C[C@@H]3C[C@@H]32)cc1. The van der Waals surface area contributed by atoms with Gasteiger partial charge in [-0.2, -0.15) is 10.7 Å². The first kappa shape index (κ1) is 29.6. The Kier molecular flexibility index (Phi) is 8.50. The summed E-state index contributed by atoms with van der Waals surface area (Å²) in [5.41, 5.74) is 2.71. The summed E-state index contributed by atoms with van der Waals surface area (Å²) in [6.45, 7) is 8.07. The minimum atomic E-state index is -0.919. The number of fused-ring (bicyclic) bond motifs is 3. The predicted octanol–water partition coefficient (Wildman–Crippen LogP) is 2.53. The highest BCUT2D eigenvalue weighted by Crippen LogP contribution is 2.48. The zero-order chi connectivity index (χ0) is 29.5. The molecule has 13 heteroatoms. The van der Waals surface area contributed by atoms with Crippen LogP contribution in [0.5, 0.6) is 0 Å². The molecule has 5 rings (SSSR count). The highest BCUT2D eigenvalue weighted by Gasteiger charge is 2.56. The van der Waals surface area contributed by atoms with Gasteiger partial charge in [0.1, 0.15) is 17.7 Å². The first-order valence-corrected chi connectivity index (χ1v) is 14.8. The van der Waals surface area contributed by atoms with Crippen LogP contribution in [-0.2, 0) is 23.6 Å². The van der Waals surface area contributed by atoms with Crippen molar-refractivity contribution in [1.82, 2.24) is 25.5 Å². The summed E-state index contributed by atoms with van der Waals surface area (Å²) >= 11 is 1.08. The van der Waals surface area contributed by atoms with Crippen LogP contribution in [0.25, 0.3) is 0 Å². The summed E-state index contributed by atoms with van der Waals surface area (Å²) in [5, 5.41) is 12.4. The number of ether oxygens (including phenoxy) is 1. The van der Waals surface area contributed by atoms with Gasteiger partial charge in [-0.15, -0.1) is 9.32 Å². The van der Waals surface area contributed by atoms with Gasteiger partial charge in [0.25, 0.3) is 0 Å². The molecule has 4 fully saturated rings. The number of piperidine rings is 1. The van der Waals surface area contributed by atoms with Crippen LogP contribution >= 0.6 is 12.0 Å². The lowest BCUT2D eigenvalue weighted by Gasteiger charge is -2.39. The molecule has 222 valence electrons. The van der Waals surface area contributed by atoms with E-state index in [9.17, 15) is 19.6 Å². The molecule has 12 nitrogen and oxygen atoms in total. The van der Waals surface area contributed by atoms with Crippen molar-refractivity contribution >= 4 is 30.0 Å². The van der Waals surface area contributed by atoms with Gasteiger partial charge in [-0.05, 0) is 70.6 Å². The summed E-state index contributed by atoms with van der Waals surface area (Å²) in [6, 6.07) is 8.15. The first-order chi connectivity index (χ1) is 19.5. The number of piperazine rings is 1. The van der Waals surface area contributed by atoms with E-state index >= 15 is 0 Å². The van der Waals surface area contributed by atoms with Crippen molar-refractivity contribution in [2.24, 2.45) is 5.92 Å². The third-order valence-electron chi connectivity index (χ3n) is 8.26. The number of carbonyl (C=O) groups is 3. The molecule has 0 unspecified atom stereocenters. The van der Waals surface area contributed by atoms with Gasteiger partial charge in [-0.3, -0.25) is 14.5 Å². The fraction of sp³-hybridized carbons (Fsp3) is 0.643. The van der Waals surface area contributed by atoms with Gasteiger partial charge >= 0.3 is 6.09 Å². The van der Waals surface area contributed by atoms with Gasteiger partial charge in [-0.1, -0.05) is 12.1 Å². The fourth-order valence-electron chi connectivity index (χ4n) is 6.39. The molecule has 1 aliphatic carbocycles. The Balaban J connectivity index is 1.26. The van der Waals surface area contributed by atoms with Crippen LogP contribution in [-0.4, -0.2) is 88.6 Å². The van der Waals surface area contributed by atoms with Gasteiger partial charge in [-0.25, -0.2) is 4.79 Å². The van der Waals surface area contributed by atoms with Crippen molar-refractivity contribution in [3.8, 4) is 6.07 Å². The molecule has 1 aromatic carbocycles. The lowest BCUT2D eigenvalue weighted by Crippen LogP contribution is -2.59. The average Bonchev–Trinajstić information content (AvgIpc) is 3.24. The molecular weight excluding hydrogens is 548 g/mol. The lowest BCUT2D eigenvalue weighted by atomic mass is 10.1. The van der Waals surface area contributed by atoms with Gasteiger partial charge < -0.3 is 19.9 Å². The zero-order valence-corrected chi connectivity index (χ0v) is 24.8. The fourth-order valence-corrected chi connectivity index (χ4v) is 6.82. The maximum Gasteiger partial charge on any atom is 0.408 e. The standard InChI is InChI=1S/C28H38N6O6S/c1-16(17-6-8-21(9-7-17)41-40-39-30-5)33-20-12-24(26(33)36)32(14-20)15-22(31-27(37)38-28(2,3)4)25(35)34-19(13-29)10-18-11-23(18)34/h6-9,16,18-20,22-24,30H,10-12,14-15H2,1-5H3,(H,31,37)/t16-,18+,19-,20-,22-,23-,24-/m0/s1. The predicted molar refractivity (Wildman–Crippen MR) is 148 cm³/mol. The third-order valence-corrected chi connectivity index (χ3v) is 8.86. The van der Waals surface area contributed by atoms with Gasteiger partial charge in [0, 0.05) is 37.1 Å². The number of amides is 3. The van der Waals surface area contributed by atoms with Crippen LogP contribution in [0.15, 0.2) is 29.2 Å². The minimum absolute atomic E-state index is 0.00681. The summed E-state index contributed by atoms with van der Waals surface area (Å²) in [6.07, 6.45) is 1.53. The van der Waals surface area contributed by atoms with Crippen molar-refractivity contribution in [3.05, 3.63) is 29.8 Å². The minimum Gasteiger partial charge on any atom is -0.444 e. The van der Waals surface area contributed by atoms with E-state index in [1.54, 1.807) is 32.7 Å². The maximum atomic E-state index is 13.8. The van der Waals surface area contributed by atoms with Crippen LogP contribution in [0, 0.1) is 17.2 Å². The lowest BCUT2D eigenvalue weighted by molar-refractivity contribution is -0.237. The first-order valence-electron chi connectivity index (χ1n) is 14.0. The second-order valence-corrected chi connectivity index (χ2v) is 13.0. The van der Waals surface area contributed by atoms with E-state index in [4.69, 9.17) is 9.07 Å². The number of nitriles is 1. The molecule has 2 N–H and O–H groups in total. The number of alkyl carbamates (subject to hydrolysis) is 1. The number of carbonyl (C=O) groups excluding carboxylic acids is 3. The van der Waals surface area contributed by atoms with Gasteiger partial charge in [0.15, 0.2) is 0 Å². The molecule has 3 aliphatic heterocycles. The number of hydrogen-bond donors (Lipinski definition) is 2. The summed E-state index contributed by atoms with van der Waals surface area (Å²) < 4.78 is 10.4. The number of nitrogens with one attached hydrogen (secondary N) is 2. The normalized spacial score (nSPS) is 28.3. The van der Waals surface area contributed by atoms with E-state index in [1.807, 2.05) is 41.0 Å². The number of hydroxylamine groups is 1. The molecule has 41 heavy (non-hydrogen) atoms. The molecule has 3 amide bonds. The Hall–Kier alpha value is -2.89. The van der Waals surface area contributed by atoms with Crippen LogP contribution in [0.2, 0.25) is 0 Å². The number of benzene rings is 1. The van der Waals surface area contributed by atoms with E-state index in [1.165, 1.54) is 0 Å². The van der Waals surface area contributed by atoms with E-state index in [2.05, 4.69) is 21.9 Å². The zero-order valence-electron chi connectivity index (χ0n) is 24.0. The Morgan fingerprint density at radius 1 is 1.20 bits per heavy atom. The van der Waals surface area contributed by atoms with Crippen molar-refractivity contribution < 1.29 is 28.4 Å².